The van der Waals surface area contributed by atoms with Gasteiger partial charge in [0, 0.05) is 19.6 Å². The Kier molecular flexibility index (Phi) is 4.72. The average Bonchev–Trinajstić information content (AvgIpc) is 2.07. The zero-order valence-corrected chi connectivity index (χ0v) is 11.1. The molecule has 1 rings (SSSR count). The molecule has 0 aromatic heterocycles. The van der Waals surface area contributed by atoms with Gasteiger partial charge in [-0.05, 0) is 13.8 Å². The largest absolute Gasteiger partial charge is 0.446 e. The van der Waals surface area contributed by atoms with Gasteiger partial charge in [0.15, 0.2) is 0 Å². The molecule has 17 heavy (non-hydrogen) atoms. The zero-order chi connectivity index (χ0) is 13.1. The summed E-state index contributed by atoms with van der Waals surface area (Å²) < 4.78 is 31.6. The summed E-state index contributed by atoms with van der Waals surface area (Å²) in [5.74, 6) is 0. The Bertz CT molecular complexity index is 364. The first-order chi connectivity index (χ1) is 7.86. The second-order valence-corrected chi connectivity index (χ2v) is 5.70. The number of nitrogens with one attached hydrogen (secondary N) is 2. The van der Waals surface area contributed by atoms with Gasteiger partial charge in [0.25, 0.3) is 0 Å². The molecule has 0 saturated carbocycles. The van der Waals surface area contributed by atoms with Gasteiger partial charge >= 0.3 is 16.3 Å². The summed E-state index contributed by atoms with van der Waals surface area (Å²) in [4.78, 5) is 11.3. The highest BCUT2D eigenvalue weighted by Crippen LogP contribution is 2.09. The molecule has 0 unspecified atom stereocenters. The van der Waals surface area contributed by atoms with E-state index in [2.05, 4.69) is 5.32 Å². The van der Waals surface area contributed by atoms with Crippen molar-refractivity contribution in [2.24, 2.45) is 0 Å². The van der Waals surface area contributed by atoms with Gasteiger partial charge in [0.1, 0.15) is 0 Å². The van der Waals surface area contributed by atoms with Crippen LogP contribution in [0.15, 0.2) is 0 Å². The molecule has 0 aliphatic carbocycles. The minimum Gasteiger partial charge on any atom is -0.446 e. The van der Waals surface area contributed by atoms with Crippen LogP contribution in [0.5, 0.6) is 0 Å². The molecule has 0 radical (unpaired) electrons. The monoisotopic (exact) mass is 265 g/mol. The molecular weight excluding hydrogens is 246 g/mol. The number of nitrogens with zero attached hydrogens (tertiary/aromatic N) is 1. The van der Waals surface area contributed by atoms with Crippen LogP contribution in [-0.4, -0.2) is 50.6 Å². The summed E-state index contributed by atoms with van der Waals surface area (Å²) in [7, 11) is -3.81. The maximum Gasteiger partial charge on any atom is 0.422 e. The molecule has 100 valence electrons. The van der Waals surface area contributed by atoms with Gasteiger partial charge in [-0.25, -0.2) is 9.52 Å². The summed E-state index contributed by atoms with van der Waals surface area (Å²) in [6.07, 6.45) is -1.30. The summed E-state index contributed by atoms with van der Waals surface area (Å²) in [5.41, 5.74) is 0. The third-order valence-electron chi connectivity index (χ3n) is 2.34. The molecule has 1 heterocycles. The number of rotatable bonds is 5. The van der Waals surface area contributed by atoms with Crippen LogP contribution in [0, 0.1) is 0 Å². The van der Waals surface area contributed by atoms with E-state index >= 15 is 0 Å². The molecule has 0 bridgehead atoms. The summed E-state index contributed by atoms with van der Waals surface area (Å²) in [6.45, 7) is 6.56. The van der Waals surface area contributed by atoms with Gasteiger partial charge < -0.3 is 10.1 Å². The van der Waals surface area contributed by atoms with E-state index in [4.69, 9.17) is 4.74 Å². The molecule has 1 aliphatic rings. The molecule has 0 atom stereocenters. The fourth-order valence-electron chi connectivity index (χ4n) is 1.50. The zero-order valence-electron chi connectivity index (χ0n) is 10.3. The molecule has 1 fully saturated rings. The molecule has 1 aliphatic heterocycles. The normalized spacial score (nSPS) is 17.0. The standard InChI is InChI=1S/C9H19N3O4S/c1-4-12(8-5-10-6-8)17(14,15)11-9(13)16-7(2)3/h7-8,10H,4-6H2,1-3H3,(H,11,13). The molecule has 0 aromatic carbocycles. The fraction of sp³-hybridized carbons (Fsp3) is 0.889. The molecule has 1 saturated heterocycles. The summed E-state index contributed by atoms with van der Waals surface area (Å²) in [6, 6.07) is -0.0932. The Morgan fingerprint density at radius 1 is 1.53 bits per heavy atom. The van der Waals surface area contributed by atoms with E-state index < -0.39 is 16.3 Å². The molecule has 8 heteroatoms. The molecule has 0 spiro atoms. The molecule has 1 amide bonds. The van der Waals surface area contributed by atoms with E-state index in [0.717, 1.165) is 0 Å². The minimum absolute atomic E-state index is 0.0932. The first-order valence-corrected chi connectivity index (χ1v) is 7.01. The van der Waals surface area contributed by atoms with Crippen LogP contribution in [0.2, 0.25) is 0 Å². The number of hydrogen-bond acceptors (Lipinski definition) is 5. The van der Waals surface area contributed by atoms with Crippen molar-refractivity contribution in [2.45, 2.75) is 32.9 Å². The highest BCUT2D eigenvalue weighted by atomic mass is 32.2. The van der Waals surface area contributed by atoms with Gasteiger partial charge in [-0.3, -0.25) is 0 Å². The first-order valence-electron chi connectivity index (χ1n) is 5.57. The highest BCUT2D eigenvalue weighted by Gasteiger charge is 2.33. The average molecular weight is 265 g/mol. The second-order valence-electron chi connectivity index (χ2n) is 4.08. The Hall–Kier alpha value is -0.860. The van der Waals surface area contributed by atoms with Crippen molar-refractivity contribution >= 4 is 16.3 Å². The number of hydrogen-bond donors (Lipinski definition) is 2. The SMILES string of the molecule is CCN(C1CNC1)S(=O)(=O)NC(=O)OC(C)C. The van der Waals surface area contributed by atoms with Crippen LogP contribution < -0.4 is 10.0 Å². The number of carbonyl (C=O) groups is 1. The quantitative estimate of drug-likeness (QED) is 0.710. The third kappa shape index (κ3) is 3.83. The van der Waals surface area contributed by atoms with Crippen LogP contribution >= 0.6 is 0 Å². The Morgan fingerprint density at radius 2 is 2.12 bits per heavy atom. The van der Waals surface area contributed by atoms with E-state index in [1.54, 1.807) is 20.8 Å². The maximum atomic E-state index is 11.9. The van der Waals surface area contributed by atoms with E-state index in [1.807, 2.05) is 4.72 Å². The first kappa shape index (κ1) is 14.2. The van der Waals surface area contributed by atoms with Crippen molar-refractivity contribution in [1.29, 1.82) is 0 Å². The second kappa shape index (κ2) is 5.65. The Balaban J connectivity index is 2.62. The van der Waals surface area contributed by atoms with Crippen molar-refractivity contribution in [1.82, 2.24) is 14.3 Å². The number of likely N-dealkylation sites (N-methyl/N-ethyl adjacent to an activating group) is 1. The van der Waals surface area contributed by atoms with Crippen LogP contribution in [0.3, 0.4) is 0 Å². The lowest BCUT2D eigenvalue weighted by Crippen LogP contribution is -2.61. The van der Waals surface area contributed by atoms with Crippen LogP contribution in [-0.2, 0) is 14.9 Å². The lowest BCUT2D eigenvalue weighted by atomic mass is 10.2. The lowest BCUT2D eigenvalue weighted by Gasteiger charge is -2.36. The van der Waals surface area contributed by atoms with Gasteiger partial charge in [0.05, 0.1) is 12.1 Å². The lowest BCUT2D eigenvalue weighted by molar-refractivity contribution is 0.120. The van der Waals surface area contributed by atoms with Crippen molar-refractivity contribution < 1.29 is 17.9 Å². The molecule has 2 N–H and O–H groups in total. The van der Waals surface area contributed by atoms with Crippen molar-refractivity contribution in [3.8, 4) is 0 Å². The van der Waals surface area contributed by atoms with E-state index in [1.165, 1.54) is 4.31 Å². The minimum atomic E-state index is -3.81. The highest BCUT2D eigenvalue weighted by molar-refractivity contribution is 7.87. The third-order valence-corrected chi connectivity index (χ3v) is 3.94. The van der Waals surface area contributed by atoms with Gasteiger partial charge in [-0.2, -0.15) is 12.7 Å². The number of carbonyl (C=O) groups excluding carboxylic acids is 1. The van der Waals surface area contributed by atoms with Crippen LogP contribution in [0.25, 0.3) is 0 Å². The van der Waals surface area contributed by atoms with E-state index in [-0.39, 0.29) is 12.1 Å². The summed E-state index contributed by atoms with van der Waals surface area (Å²) in [5, 5.41) is 2.98. The maximum absolute atomic E-state index is 11.9. The summed E-state index contributed by atoms with van der Waals surface area (Å²) >= 11 is 0. The number of ether oxygens (including phenoxy) is 1. The number of amides is 1. The van der Waals surface area contributed by atoms with Crippen molar-refractivity contribution in [3.05, 3.63) is 0 Å². The molecule has 0 aromatic rings. The van der Waals surface area contributed by atoms with Crippen LogP contribution in [0.1, 0.15) is 20.8 Å². The predicted molar refractivity (Wildman–Crippen MR) is 62.7 cm³/mol. The Labute approximate surface area is 102 Å². The molecule has 7 nitrogen and oxygen atoms in total. The van der Waals surface area contributed by atoms with Gasteiger partial charge in [-0.15, -0.1) is 0 Å². The fourth-order valence-corrected chi connectivity index (χ4v) is 2.76. The smallest absolute Gasteiger partial charge is 0.422 e. The predicted octanol–water partition coefficient (Wildman–Crippen LogP) is -0.340. The topological polar surface area (TPSA) is 87.7 Å². The van der Waals surface area contributed by atoms with E-state index in [9.17, 15) is 13.2 Å². The van der Waals surface area contributed by atoms with Gasteiger partial charge in [0.2, 0.25) is 0 Å². The Morgan fingerprint density at radius 3 is 2.47 bits per heavy atom. The van der Waals surface area contributed by atoms with Gasteiger partial charge in [-0.1, -0.05) is 6.92 Å². The molecular formula is C9H19N3O4S. The van der Waals surface area contributed by atoms with E-state index in [0.29, 0.717) is 19.6 Å². The van der Waals surface area contributed by atoms with Crippen molar-refractivity contribution in [2.75, 3.05) is 19.6 Å². The van der Waals surface area contributed by atoms with Crippen LogP contribution in [0.4, 0.5) is 4.79 Å². The van der Waals surface area contributed by atoms with Crippen molar-refractivity contribution in [3.63, 3.8) is 0 Å².